The van der Waals surface area contributed by atoms with Crippen LogP contribution >= 0.6 is 0 Å². The van der Waals surface area contributed by atoms with Crippen molar-refractivity contribution in [2.24, 2.45) is 0 Å². The SMILES string of the molecule is Cc1c(C(=O)NCC2(c3ccccc3)CC2)cnn1-c1ccc(C(F)(F)F)cn1. The van der Waals surface area contributed by atoms with Crippen LogP contribution < -0.4 is 5.32 Å². The predicted molar refractivity (Wildman–Crippen MR) is 101 cm³/mol. The third kappa shape index (κ3) is 3.74. The van der Waals surface area contributed by atoms with Gasteiger partial charge in [0.25, 0.3) is 5.91 Å². The molecule has 8 heteroatoms. The monoisotopic (exact) mass is 400 g/mol. The molecule has 4 rings (SSSR count). The first-order chi connectivity index (χ1) is 13.8. The van der Waals surface area contributed by atoms with E-state index in [1.54, 1.807) is 6.92 Å². The molecule has 29 heavy (non-hydrogen) atoms. The van der Waals surface area contributed by atoms with Crippen LogP contribution in [0.2, 0.25) is 0 Å². The first-order valence-corrected chi connectivity index (χ1v) is 9.22. The van der Waals surface area contributed by atoms with E-state index in [-0.39, 0.29) is 17.1 Å². The molecule has 0 aliphatic heterocycles. The van der Waals surface area contributed by atoms with Gasteiger partial charge in [-0.3, -0.25) is 4.79 Å². The van der Waals surface area contributed by atoms with E-state index in [0.717, 1.165) is 25.1 Å². The molecule has 1 aliphatic rings. The number of rotatable bonds is 5. The molecule has 0 spiro atoms. The first-order valence-electron chi connectivity index (χ1n) is 9.22. The average molecular weight is 400 g/mol. The Kier molecular flexibility index (Phi) is 4.64. The number of pyridine rings is 1. The van der Waals surface area contributed by atoms with Crippen LogP contribution in [0.15, 0.2) is 54.9 Å². The van der Waals surface area contributed by atoms with Crippen LogP contribution in [0, 0.1) is 6.92 Å². The number of carbonyl (C=O) groups excluding carboxylic acids is 1. The van der Waals surface area contributed by atoms with Crippen LogP contribution in [-0.2, 0) is 11.6 Å². The zero-order valence-corrected chi connectivity index (χ0v) is 15.7. The van der Waals surface area contributed by atoms with E-state index in [1.165, 1.54) is 22.5 Å². The lowest BCUT2D eigenvalue weighted by molar-refractivity contribution is -0.137. The van der Waals surface area contributed by atoms with Crippen molar-refractivity contribution in [3.05, 3.63) is 77.2 Å². The maximum absolute atomic E-state index is 12.7. The summed E-state index contributed by atoms with van der Waals surface area (Å²) < 4.78 is 39.5. The smallest absolute Gasteiger partial charge is 0.351 e. The second-order valence-corrected chi connectivity index (χ2v) is 7.29. The Bertz CT molecular complexity index is 1020. The lowest BCUT2D eigenvalue weighted by Gasteiger charge is -2.16. The topological polar surface area (TPSA) is 59.8 Å². The molecule has 0 unspecified atom stereocenters. The third-order valence-corrected chi connectivity index (χ3v) is 5.37. The summed E-state index contributed by atoms with van der Waals surface area (Å²) in [6.07, 6.45) is -0.248. The van der Waals surface area contributed by atoms with E-state index < -0.39 is 11.7 Å². The molecule has 0 radical (unpaired) electrons. The van der Waals surface area contributed by atoms with Crippen molar-refractivity contribution in [2.45, 2.75) is 31.4 Å². The molecule has 3 aromatic rings. The van der Waals surface area contributed by atoms with Crippen molar-refractivity contribution < 1.29 is 18.0 Å². The summed E-state index contributed by atoms with van der Waals surface area (Å²) in [6, 6.07) is 12.3. The van der Waals surface area contributed by atoms with Crippen molar-refractivity contribution in [2.75, 3.05) is 6.54 Å². The van der Waals surface area contributed by atoms with E-state index in [9.17, 15) is 18.0 Å². The number of nitrogens with zero attached hydrogens (tertiary/aromatic N) is 3. The van der Waals surface area contributed by atoms with Gasteiger partial charge < -0.3 is 5.32 Å². The lowest BCUT2D eigenvalue weighted by atomic mass is 9.96. The second kappa shape index (κ2) is 7.02. The third-order valence-electron chi connectivity index (χ3n) is 5.37. The maximum Gasteiger partial charge on any atom is 0.417 e. The normalized spacial score (nSPS) is 15.2. The Morgan fingerprint density at radius 1 is 1.14 bits per heavy atom. The summed E-state index contributed by atoms with van der Waals surface area (Å²) in [5.74, 6) is -0.0413. The molecule has 2 heterocycles. The molecule has 1 saturated carbocycles. The minimum Gasteiger partial charge on any atom is -0.351 e. The molecular weight excluding hydrogens is 381 g/mol. The van der Waals surface area contributed by atoms with Gasteiger partial charge in [-0.25, -0.2) is 9.67 Å². The van der Waals surface area contributed by atoms with E-state index in [2.05, 4.69) is 27.5 Å². The second-order valence-electron chi connectivity index (χ2n) is 7.29. The Morgan fingerprint density at radius 3 is 2.45 bits per heavy atom. The van der Waals surface area contributed by atoms with Gasteiger partial charge in [0.15, 0.2) is 5.82 Å². The molecule has 1 fully saturated rings. The zero-order valence-electron chi connectivity index (χ0n) is 15.7. The fraction of sp³-hybridized carbons (Fsp3) is 0.286. The molecule has 2 aromatic heterocycles. The standard InChI is InChI=1S/C21H19F3N4O/c1-14-17(12-27-28(14)18-8-7-16(11-25-18)21(22,23)24)19(29)26-13-20(9-10-20)15-5-3-2-4-6-15/h2-8,11-12H,9-10,13H2,1H3,(H,26,29). The minimum absolute atomic E-state index is 0.0181. The van der Waals surface area contributed by atoms with Gasteiger partial charge in [-0.1, -0.05) is 30.3 Å². The average Bonchev–Trinajstić information content (AvgIpc) is 3.41. The highest BCUT2D eigenvalue weighted by Gasteiger charge is 2.44. The number of carbonyl (C=O) groups is 1. The molecule has 1 N–H and O–H groups in total. The summed E-state index contributed by atoms with van der Waals surface area (Å²) in [5, 5.41) is 7.10. The summed E-state index contributed by atoms with van der Waals surface area (Å²) in [6.45, 7) is 2.21. The Hall–Kier alpha value is -3.16. The molecule has 1 amide bonds. The highest BCUT2D eigenvalue weighted by atomic mass is 19.4. The molecule has 150 valence electrons. The minimum atomic E-state index is -4.45. The molecule has 0 atom stereocenters. The highest BCUT2D eigenvalue weighted by Crippen LogP contribution is 2.47. The van der Waals surface area contributed by atoms with Gasteiger partial charge in [-0.05, 0) is 37.5 Å². The molecule has 0 saturated heterocycles. The number of aromatic nitrogens is 3. The van der Waals surface area contributed by atoms with Crippen LogP contribution in [-0.4, -0.2) is 27.2 Å². The largest absolute Gasteiger partial charge is 0.417 e. The quantitative estimate of drug-likeness (QED) is 0.703. The number of amides is 1. The van der Waals surface area contributed by atoms with E-state index in [0.29, 0.717) is 17.8 Å². The lowest BCUT2D eigenvalue weighted by Crippen LogP contribution is -2.32. The Labute approximate surface area is 165 Å². The molecule has 1 aliphatic carbocycles. The van der Waals surface area contributed by atoms with Gasteiger partial charge in [0.05, 0.1) is 23.0 Å². The van der Waals surface area contributed by atoms with Gasteiger partial charge in [-0.15, -0.1) is 0 Å². The van der Waals surface area contributed by atoms with Crippen LogP contribution in [0.5, 0.6) is 0 Å². The summed E-state index contributed by atoms with van der Waals surface area (Å²) in [7, 11) is 0. The number of hydrogen-bond acceptors (Lipinski definition) is 3. The van der Waals surface area contributed by atoms with E-state index >= 15 is 0 Å². The number of hydrogen-bond donors (Lipinski definition) is 1. The van der Waals surface area contributed by atoms with Gasteiger partial charge in [0.2, 0.25) is 0 Å². The van der Waals surface area contributed by atoms with Crippen LogP contribution in [0.3, 0.4) is 0 Å². The number of nitrogens with one attached hydrogen (secondary N) is 1. The predicted octanol–water partition coefficient (Wildman–Crippen LogP) is 4.06. The molecular formula is C21H19F3N4O. The van der Waals surface area contributed by atoms with E-state index in [4.69, 9.17) is 0 Å². The van der Waals surface area contributed by atoms with E-state index in [1.807, 2.05) is 18.2 Å². The number of alkyl halides is 3. The van der Waals surface area contributed by atoms with Crippen LogP contribution in [0.25, 0.3) is 5.82 Å². The number of benzene rings is 1. The van der Waals surface area contributed by atoms with Crippen molar-refractivity contribution in [3.63, 3.8) is 0 Å². The van der Waals surface area contributed by atoms with Crippen molar-refractivity contribution >= 4 is 5.91 Å². The van der Waals surface area contributed by atoms with Crippen LogP contribution in [0.4, 0.5) is 13.2 Å². The Balaban J connectivity index is 1.48. The van der Waals surface area contributed by atoms with Crippen molar-refractivity contribution in [1.29, 1.82) is 0 Å². The van der Waals surface area contributed by atoms with Crippen LogP contribution in [0.1, 0.15) is 40.0 Å². The van der Waals surface area contributed by atoms with Gasteiger partial charge in [-0.2, -0.15) is 18.3 Å². The van der Waals surface area contributed by atoms with Gasteiger partial charge >= 0.3 is 6.18 Å². The highest BCUT2D eigenvalue weighted by molar-refractivity contribution is 5.95. The van der Waals surface area contributed by atoms with Crippen molar-refractivity contribution in [3.8, 4) is 5.82 Å². The summed E-state index contributed by atoms with van der Waals surface area (Å²) in [4.78, 5) is 16.5. The zero-order chi connectivity index (χ0) is 20.6. The van der Waals surface area contributed by atoms with Gasteiger partial charge in [0, 0.05) is 18.2 Å². The maximum atomic E-state index is 12.7. The fourth-order valence-electron chi connectivity index (χ4n) is 3.40. The fourth-order valence-corrected chi connectivity index (χ4v) is 3.40. The molecule has 1 aromatic carbocycles. The van der Waals surface area contributed by atoms with Crippen molar-refractivity contribution in [1.82, 2.24) is 20.1 Å². The molecule has 0 bridgehead atoms. The molecule has 5 nitrogen and oxygen atoms in total. The van der Waals surface area contributed by atoms with Gasteiger partial charge in [0.1, 0.15) is 0 Å². The number of halogens is 3. The Morgan fingerprint density at radius 2 is 1.86 bits per heavy atom. The summed E-state index contributed by atoms with van der Waals surface area (Å²) >= 11 is 0. The first kappa shape index (κ1) is 19.2. The summed E-state index contributed by atoms with van der Waals surface area (Å²) in [5.41, 5.74) is 1.24.